The zero-order valence-corrected chi connectivity index (χ0v) is 11.8. The summed E-state index contributed by atoms with van der Waals surface area (Å²) < 4.78 is 5.54. The Morgan fingerprint density at radius 3 is 2.25 bits per heavy atom. The number of hydrogen-bond donors (Lipinski definition) is 1. The van der Waals surface area contributed by atoms with Crippen LogP contribution in [0.2, 0.25) is 0 Å². The number of ether oxygens (including phenoxy) is 1. The quantitative estimate of drug-likeness (QED) is 0.840. The molecule has 0 aromatic heterocycles. The zero-order valence-electron chi connectivity index (χ0n) is 11.8. The van der Waals surface area contributed by atoms with E-state index in [-0.39, 0.29) is 0 Å². The lowest BCUT2D eigenvalue weighted by Gasteiger charge is -2.22. The maximum Gasteiger partial charge on any atom is 0.0948 e. The highest BCUT2D eigenvalue weighted by Crippen LogP contribution is 2.11. The smallest absolute Gasteiger partial charge is 0.0948 e. The van der Waals surface area contributed by atoms with Crippen molar-refractivity contribution in [1.29, 1.82) is 0 Å². The van der Waals surface area contributed by atoms with E-state index in [2.05, 4.69) is 0 Å². The molecule has 0 bridgehead atoms. The molecule has 0 aliphatic heterocycles. The van der Waals surface area contributed by atoms with E-state index in [1.54, 1.807) is 0 Å². The van der Waals surface area contributed by atoms with Crippen molar-refractivity contribution < 1.29 is 9.84 Å². The van der Waals surface area contributed by atoms with Crippen molar-refractivity contribution in [2.45, 2.75) is 12.7 Å². The van der Waals surface area contributed by atoms with Gasteiger partial charge in [-0.15, -0.1) is 0 Å². The zero-order chi connectivity index (χ0) is 14.2. The molecule has 2 aromatic rings. The van der Waals surface area contributed by atoms with Crippen molar-refractivity contribution in [3.8, 4) is 0 Å². The number of anilines is 1. The fraction of sp³-hybridized carbons (Fsp3) is 0.294. The van der Waals surface area contributed by atoms with Crippen LogP contribution in [0.25, 0.3) is 0 Å². The summed E-state index contributed by atoms with van der Waals surface area (Å²) in [6.07, 6.45) is -0.496. The molecule has 3 heteroatoms. The summed E-state index contributed by atoms with van der Waals surface area (Å²) in [6.45, 7) is 1.43. The monoisotopic (exact) mass is 271 g/mol. The molecule has 2 aromatic carbocycles. The van der Waals surface area contributed by atoms with Gasteiger partial charge in [0.05, 0.1) is 19.3 Å². The molecular formula is C17H21NO2. The summed E-state index contributed by atoms with van der Waals surface area (Å²) in [4.78, 5) is 2.02. The predicted octanol–water partition coefficient (Wildman–Crippen LogP) is 2.70. The number of aliphatic hydroxyl groups excluding tert-OH is 1. The molecule has 0 amide bonds. The van der Waals surface area contributed by atoms with Gasteiger partial charge in [-0.25, -0.2) is 0 Å². The summed E-state index contributed by atoms with van der Waals surface area (Å²) in [5.41, 5.74) is 2.21. The number of rotatable bonds is 7. The third-order valence-corrected chi connectivity index (χ3v) is 3.10. The highest BCUT2D eigenvalue weighted by Gasteiger charge is 2.09. The van der Waals surface area contributed by atoms with Crippen LogP contribution in [0.15, 0.2) is 60.7 Å². The minimum atomic E-state index is -0.496. The van der Waals surface area contributed by atoms with Crippen molar-refractivity contribution in [1.82, 2.24) is 0 Å². The molecule has 0 fully saturated rings. The molecule has 0 aliphatic carbocycles. The molecule has 1 unspecified atom stereocenters. The lowest BCUT2D eigenvalue weighted by molar-refractivity contribution is 0.0324. The van der Waals surface area contributed by atoms with Crippen LogP contribution in [0.1, 0.15) is 5.56 Å². The van der Waals surface area contributed by atoms with Crippen LogP contribution in [0.5, 0.6) is 0 Å². The van der Waals surface area contributed by atoms with Gasteiger partial charge in [-0.1, -0.05) is 48.5 Å². The van der Waals surface area contributed by atoms with Crippen LogP contribution in [-0.2, 0) is 11.3 Å². The van der Waals surface area contributed by atoms with Crippen LogP contribution in [0, 0.1) is 0 Å². The molecule has 0 spiro atoms. The topological polar surface area (TPSA) is 32.7 Å². The summed E-state index contributed by atoms with van der Waals surface area (Å²) in [7, 11) is 1.97. The molecule has 0 aliphatic rings. The van der Waals surface area contributed by atoms with Crippen LogP contribution in [-0.4, -0.2) is 31.4 Å². The number of likely N-dealkylation sites (N-methyl/N-ethyl adjacent to an activating group) is 1. The molecule has 1 N–H and O–H groups in total. The summed E-state index contributed by atoms with van der Waals surface area (Å²) in [6, 6.07) is 20.0. The van der Waals surface area contributed by atoms with E-state index >= 15 is 0 Å². The third-order valence-electron chi connectivity index (χ3n) is 3.10. The molecule has 20 heavy (non-hydrogen) atoms. The van der Waals surface area contributed by atoms with E-state index in [0.717, 1.165) is 11.3 Å². The van der Waals surface area contributed by atoms with E-state index < -0.39 is 6.10 Å². The van der Waals surface area contributed by atoms with Crippen LogP contribution in [0.4, 0.5) is 5.69 Å². The maximum atomic E-state index is 9.99. The van der Waals surface area contributed by atoms with Crippen LogP contribution in [0.3, 0.4) is 0 Å². The van der Waals surface area contributed by atoms with Crippen molar-refractivity contribution >= 4 is 5.69 Å². The van der Waals surface area contributed by atoms with Gasteiger partial charge in [0.25, 0.3) is 0 Å². The summed E-state index contributed by atoms with van der Waals surface area (Å²) in [5, 5.41) is 9.99. The highest BCUT2D eigenvalue weighted by molar-refractivity contribution is 5.45. The van der Waals surface area contributed by atoms with Gasteiger partial charge < -0.3 is 14.7 Å². The Labute approximate surface area is 120 Å². The summed E-state index contributed by atoms with van der Waals surface area (Å²) >= 11 is 0. The Bertz CT molecular complexity index is 487. The highest BCUT2D eigenvalue weighted by atomic mass is 16.5. The first-order valence-electron chi connectivity index (χ1n) is 6.81. The average Bonchev–Trinajstić information content (AvgIpc) is 2.49. The lowest BCUT2D eigenvalue weighted by atomic mass is 10.2. The fourth-order valence-corrected chi connectivity index (χ4v) is 2.04. The van der Waals surface area contributed by atoms with Crippen molar-refractivity contribution in [2.75, 3.05) is 25.1 Å². The van der Waals surface area contributed by atoms with Gasteiger partial charge in [0.2, 0.25) is 0 Å². The normalized spacial score (nSPS) is 12.1. The Balaban J connectivity index is 1.71. The van der Waals surface area contributed by atoms with Crippen LogP contribution >= 0.6 is 0 Å². The second-order valence-electron chi connectivity index (χ2n) is 4.87. The molecule has 3 nitrogen and oxygen atoms in total. The Morgan fingerprint density at radius 2 is 1.60 bits per heavy atom. The molecule has 0 saturated carbocycles. The van der Waals surface area contributed by atoms with Crippen molar-refractivity contribution in [2.24, 2.45) is 0 Å². The first-order chi connectivity index (χ1) is 9.75. The molecule has 0 saturated heterocycles. The first kappa shape index (κ1) is 14.6. The minimum Gasteiger partial charge on any atom is -0.389 e. The molecule has 1 atom stereocenters. The van der Waals surface area contributed by atoms with Crippen molar-refractivity contribution in [3.05, 3.63) is 66.2 Å². The average molecular weight is 271 g/mol. The SMILES string of the molecule is CN(CC(O)COCc1ccccc1)c1ccccc1. The number of para-hydroxylation sites is 1. The second kappa shape index (κ2) is 7.68. The molecule has 106 valence electrons. The van der Waals surface area contributed by atoms with Gasteiger partial charge in [-0.05, 0) is 17.7 Å². The maximum absolute atomic E-state index is 9.99. The molecule has 0 heterocycles. The van der Waals surface area contributed by atoms with Gasteiger partial charge in [0.1, 0.15) is 0 Å². The standard InChI is InChI=1S/C17H21NO2/c1-18(16-10-6-3-7-11-16)12-17(19)14-20-13-15-8-4-2-5-9-15/h2-11,17,19H,12-14H2,1H3. The Kier molecular flexibility index (Phi) is 5.59. The van der Waals surface area contributed by atoms with Gasteiger partial charge in [0.15, 0.2) is 0 Å². The molecule has 0 radical (unpaired) electrons. The van der Waals surface area contributed by atoms with E-state index in [0.29, 0.717) is 19.8 Å². The van der Waals surface area contributed by atoms with Gasteiger partial charge in [0, 0.05) is 19.3 Å². The van der Waals surface area contributed by atoms with Gasteiger partial charge >= 0.3 is 0 Å². The number of hydrogen-bond acceptors (Lipinski definition) is 3. The number of nitrogens with zero attached hydrogens (tertiary/aromatic N) is 1. The molecular weight excluding hydrogens is 250 g/mol. The Hall–Kier alpha value is -1.84. The third kappa shape index (κ3) is 4.68. The van der Waals surface area contributed by atoms with E-state index in [1.165, 1.54) is 0 Å². The second-order valence-corrected chi connectivity index (χ2v) is 4.87. The predicted molar refractivity (Wildman–Crippen MR) is 81.8 cm³/mol. The largest absolute Gasteiger partial charge is 0.389 e. The summed E-state index contributed by atoms with van der Waals surface area (Å²) in [5.74, 6) is 0. The Morgan fingerprint density at radius 1 is 1.00 bits per heavy atom. The van der Waals surface area contributed by atoms with E-state index in [1.807, 2.05) is 72.6 Å². The van der Waals surface area contributed by atoms with E-state index in [4.69, 9.17) is 4.74 Å². The van der Waals surface area contributed by atoms with Crippen molar-refractivity contribution in [3.63, 3.8) is 0 Å². The lowest BCUT2D eigenvalue weighted by Crippen LogP contribution is -2.32. The first-order valence-corrected chi connectivity index (χ1v) is 6.81. The van der Waals surface area contributed by atoms with E-state index in [9.17, 15) is 5.11 Å². The fourth-order valence-electron chi connectivity index (χ4n) is 2.04. The number of benzene rings is 2. The number of aliphatic hydroxyl groups is 1. The van der Waals surface area contributed by atoms with Gasteiger partial charge in [-0.3, -0.25) is 0 Å². The van der Waals surface area contributed by atoms with Gasteiger partial charge in [-0.2, -0.15) is 0 Å². The minimum absolute atomic E-state index is 0.339. The molecule has 2 rings (SSSR count). The van der Waals surface area contributed by atoms with Crippen LogP contribution < -0.4 is 4.90 Å².